The number of amidine groups is 1. The molecule has 164 valence electrons. The van der Waals surface area contributed by atoms with Crippen molar-refractivity contribution >= 4 is 35.3 Å². The van der Waals surface area contributed by atoms with E-state index in [0.29, 0.717) is 28.2 Å². The summed E-state index contributed by atoms with van der Waals surface area (Å²) in [4.78, 5) is 36.9. The first-order valence-electron chi connectivity index (χ1n) is 9.52. The number of carbonyl (C=O) groups is 3. The second-order valence-electron chi connectivity index (χ2n) is 6.45. The lowest BCUT2D eigenvalue weighted by atomic mass is 10.0. The Kier molecular flexibility index (Phi) is 9.08. The van der Waals surface area contributed by atoms with Crippen molar-refractivity contribution in [3.8, 4) is 5.75 Å². The summed E-state index contributed by atoms with van der Waals surface area (Å²) >= 11 is 1.44. The summed E-state index contributed by atoms with van der Waals surface area (Å²) in [6, 6.07) is 11.9. The van der Waals surface area contributed by atoms with Crippen LogP contribution in [0.3, 0.4) is 0 Å². The van der Waals surface area contributed by atoms with Crippen molar-refractivity contribution in [2.75, 3.05) is 25.2 Å². The van der Waals surface area contributed by atoms with Crippen molar-refractivity contribution in [1.82, 2.24) is 5.32 Å². The number of amides is 1. The zero-order valence-electron chi connectivity index (χ0n) is 17.3. The average molecular weight is 444 g/mol. The summed E-state index contributed by atoms with van der Waals surface area (Å²) in [6.07, 6.45) is 1.85. The van der Waals surface area contributed by atoms with Gasteiger partial charge in [-0.2, -0.15) is 11.8 Å². The van der Waals surface area contributed by atoms with E-state index in [-0.39, 0.29) is 24.8 Å². The average Bonchev–Trinajstić information content (AvgIpc) is 2.77. The molecule has 0 bridgehead atoms. The van der Waals surface area contributed by atoms with Gasteiger partial charge in [0.2, 0.25) is 0 Å². The quantitative estimate of drug-likeness (QED) is 0.210. The smallest absolute Gasteiger partial charge is 0.344 e. The van der Waals surface area contributed by atoms with Crippen LogP contribution in [0.15, 0.2) is 48.5 Å². The molecule has 1 amide bonds. The van der Waals surface area contributed by atoms with E-state index in [1.807, 2.05) is 6.26 Å². The Morgan fingerprint density at radius 3 is 2.16 bits per heavy atom. The Hall–Kier alpha value is -3.33. The molecule has 0 saturated heterocycles. The van der Waals surface area contributed by atoms with Gasteiger partial charge in [-0.25, -0.2) is 4.79 Å². The number of rotatable bonds is 11. The van der Waals surface area contributed by atoms with Crippen LogP contribution in [-0.4, -0.2) is 54.8 Å². The predicted molar refractivity (Wildman–Crippen MR) is 120 cm³/mol. The first-order valence-corrected chi connectivity index (χ1v) is 10.9. The van der Waals surface area contributed by atoms with Crippen molar-refractivity contribution in [1.29, 1.82) is 5.41 Å². The van der Waals surface area contributed by atoms with E-state index in [9.17, 15) is 14.4 Å². The zero-order valence-corrected chi connectivity index (χ0v) is 18.2. The third-order valence-electron chi connectivity index (χ3n) is 4.21. The molecule has 0 spiro atoms. The van der Waals surface area contributed by atoms with Gasteiger partial charge in [-0.15, -0.1) is 0 Å². The number of nitrogen functional groups attached to an aromatic ring is 1. The first kappa shape index (κ1) is 23.9. The molecule has 31 heavy (non-hydrogen) atoms. The summed E-state index contributed by atoms with van der Waals surface area (Å²) in [5.41, 5.74) is 6.72. The lowest BCUT2D eigenvalue weighted by Gasteiger charge is -2.17. The number of Topliss-reactive ketones (excluding diaryl/α,β-unsaturated/α-hetero) is 1. The first-order chi connectivity index (χ1) is 14.8. The van der Waals surface area contributed by atoms with E-state index in [0.717, 1.165) is 0 Å². The van der Waals surface area contributed by atoms with Crippen LogP contribution in [0.2, 0.25) is 0 Å². The molecular formula is C22H25N3O5S. The summed E-state index contributed by atoms with van der Waals surface area (Å²) in [5, 5.41) is 10.2. The molecule has 8 nitrogen and oxygen atoms in total. The SMILES string of the molecule is CCOC(=O)COc1ccc(C(=O)C(CSC)NC(=O)c2ccc(C(=N)N)cc2)cc1. The predicted octanol–water partition coefficient (Wildman–Crippen LogP) is 2.26. The number of hydrogen-bond acceptors (Lipinski definition) is 7. The standard InChI is InChI=1S/C22H25N3O5S/c1-3-29-19(26)12-30-17-10-8-14(9-11-17)20(27)18(13-31-2)25-22(28)16-6-4-15(5-7-16)21(23)24/h4-11,18H,3,12-13H2,1-2H3,(H3,23,24)(H,25,28). The zero-order chi connectivity index (χ0) is 22.8. The molecule has 1 atom stereocenters. The Balaban J connectivity index is 2.04. The van der Waals surface area contributed by atoms with Gasteiger partial charge < -0.3 is 20.5 Å². The molecule has 4 N–H and O–H groups in total. The second kappa shape index (κ2) is 11.8. The highest BCUT2D eigenvalue weighted by Crippen LogP contribution is 2.15. The maximum Gasteiger partial charge on any atom is 0.344 e. The number of ketones is 1. The highest BCUT2D eigenvalue weighted by Gasteiger charge is 2.22. The van der Waals surface area contributed by atoms with Crippen LogP contribution in [0, 0.1) is 5.41 Å². The van der Waals surface area contributed by atoms with Gasteiger partial charge in [0.1, 0.15) is 17.6 Å². The molecule has 0 saturated carbocycles. The number of carbonyl (C=O) groups excluding carboxylic acids is 3. The fraction of sp³-hybridized carbons (Fsp3) is 0.273. The van der Waals surface area contributed by atoms with Crippen LogP contribution in [0.1, 0.15) is 33.2 Å². The number of nitrogens with one attached hydrogen (secondary N) is 2. The minimum atomic E-state index is -0.721. The minimum Gasteiger partial charge on any atom is -0.482 e. The molecule has 0 radical (unpaired) electrons. The van der Waals surface area contributed by atoms with Crippen LogP contribution in [0.25, 0.3) is 0 Å². The molecule has 0 aliphatic heterocycles. The second-order valence-corrected chi connectivity index (χ2v) is 7.37. The topological polar surface area (TPSA) is 132 Å². The number of esters is 1. The molecular weight excluding hydrogens is 418 g/mol. The fourth-order valence-electron chi connectivity index (χ4n) is 2.65. The molecule has 0 aliphatic carbocycles. The van der Waals surface area contributed by atoms with Gasteiger partial charge in [0.25, 0.3) is 5.91 Å². The molecule has 0 fully saturated rings. The molecule has 1 unspecified atom stereocenters. The molecule has 0 aromatic heterocycles. The van der Waals surface area contributed by atoms with Crippen LogP contribution < -0.4 is 15.8 Å². The number of ether oxygens (including phenoxy) is 2. The van der Waals surface area contributed by atoms with Crippen LogP contribution in [-0.2, 0) is 9.53 Å². The van der Waals surface area contributed by atoms with Gasteiger partial charge in [-0.05, 0) is 49.6 Å². The van der Waals surface area contributed by atoms with Crippen molar-refractivity contribution in [3.05, 3.63) is 65.2 Å². The van der Waals surface area contributed by atoms with Gasteiger partial charge in [0.15, 0.2) is 12.4 Å². The molecule has 0 aliphatic rings. The van der Waals surface area contributed by atoms with E-state index < -0.39 is 17.9 Å². The minimum absolute atomic E-state index is 0.0860. The largest absolute Gasteiger partial charge is 0.482 e. The molecule has 2 aromatic rings. The van der Waals surface area contributed by atoms with Crippen molar-refractivity contribution in [3.63, 3.8) is 0 Å². The lowest BCUT2D eigenvalue weighted by Crippen LogP contribution is -2.42. The lowest BCUT2D eigenvalue weighted by molar-refractivity contribution is -0.145. The van der Waals surface area contributed by atoms with E-state index in [1.165, 1.54) is 11.8 Å². The van der Waals surface area contributed by atoms with Gasteiger partial charge in [-0.1, -0.05) is 12.1 Å². The Labute approximate surface area is 185 Å². The fourth-order valence-corrected chi connectivity index (χ4v) is 3.22. The molecule has 2 rings (SSSR count). The number of hydrogen-bond donors (Lipinski definition) is 3. The summed E-state index contributed by atoms with van der Waals surface area (Å²) in [6.45, 7) is 1.77. The van der Waals surface area contributed by atoms with Crippen molar-refractivity contribution < 1.29 is 23.9 Å². The van der Waals surface area contributed by atoms with Gasteiger partial charge in [-0.3, -0.25) is 15.0 Å². The summed E-state index contributed by atoms with van der Waals surface area (Å²) in [5.74, 6) is -0.353. The van der Waals surface area contributed by atoms with Gasteiger partial charge >= 0.3 is 5.97 Å². The van der Waals surface area contributed by atoms with Gasteiger partial charge in [0.05, 0.1) is 6.61 Å². The number of benzene rings is 2. The maximum absolute atomic E-state index is 12.9. The van der Waals surface area contributed by atoms with Crippen LogP contribution in [0.5, 0.6) is 5.75 Å². The van der Waals surface area contributed by atoms with Crippen molar-refractivity contribution in [2.24, 2.45) is 5.73 Å². The molecule has 2 aromatic carbocycles. The normalized spacial score (nSPS) is 11.3. The summed E-state index contributed by atoms with van der Waals surface area (Å²) < 4.78 is 10.1. The molecule has 9 heteroatoms. The monoisotopic (exact) mass is 443 g/mol. The van der Waals surface area contributed by atoms with E-state index in [1.54, 1.807) is 55.5 Å². The third kappa shape index (κ3) is 7.14. The Bertz CT molecular complexity index is 929. The van der Waals surface area contributed by atoms with Crippen LogP contribution >= 0.6 is 11.8 Å². The summed E-state index contributed by atoms with van der Waals surface area (Å²) in [7, 11) is 0. The Morgan fingerprint density at radius 2 is 1.61 bits per heavy atom. The van der Waals surface area contributed by atoms with E-state index >= 15 is 0 Å². The van der Waals surface area contributed by atoms with E-state index in [4.69, 9.17) is 20.6 Å². The van der Waals surface area contributed by atoms with Crippen LogP contribution in [0.4, 0.5) is 0 Å². The number of thioether (sulfide) groups is 1. The van der Waals surface area contributed by atoms with Gasteiger partial charge in [0, 0.05) is 22.4 Å². The highest BCUT2D eigenvalue weighted by molar-refractivity contribution is 7.98. The number of nitrogens with two attached hydrogens (primary N) is 1. The highest BCUT2D eigenvalue weighted by atomic mass is 32.2. The molecule has 0 heterocycles. The van der Waals surface area contributed by atoms with Crippen molar-refractivity contribution in [2.45, 2.75) is 13.0 Å². The third-order valence-corrected chi connectivity index (χ3v) is 4.88. The van der Waals surface area contributed by atoms with E-state index in [2.05, 4.69) is 5.32 Å². The Morgan fingerprint density at radius 1 is 1.03 bits per heavy atom. The maximum atomic E-state index is 12.9.